The normalized spacial score (nSPS) is 24.6. The molecule has 1 atom stereocenters. The number of oxime groups is 1. The van der Waals surface area contributed by atoms with E-state index in [2.05, 4.69) is 38.2 Å². The first kappa shape index (κ1) is 15.8. The summed E-state index contributed by atoms with van der Waals surface area (Å²) in [7, 11) is 0. The van der Waals surface area contributed by atoms with Crippen LogP contribution in [0.5, 0.6) is 0 Å². The summed E-state index contributed by atoms with van der Waals surface area (Å²) in [5, 5.41) is 14.7. The SMILES string of the molecule is CCC(C)(C(=O)NCC1C(C)(C)C1(C)C)C(N)=NO. The van der Waals surface area contributed by atoms with Crippen LogP contribution < -0.4 is 11.1 Å². The van der Waals surface area contributed by atoms with Crippen molar-refractivity contribution in [3.63, 3.8) is 0 Å². The summed E-state index contributed by atoms with van der Waals surface area (Å²) in [5.41, 5.74) is 5.16. The van der Waals surface area contributed by atoms with E-state index < -0.39 is 5.41 Å². The average molecular weight is 269 g/mol. The van der Waals surface area contributed by atoms with Crippen molar-refractivity contribution in [2.75, 3.05) is 6.54 Å². The van der Waals surface area contributed by atoms with Crippen LogP contribution in [-0.4, -0.2) is 23.5 Å². The number of amidine groups is 1. The molecule has 0 aromatic carbocycles. The second kappa shape index (κ2) is 4.69. The molecule has 1 amide bonds. The van der Waals surface area contributed by atoms with E-state index in [9.17, 15) is 4.79 Å². The number of nitrogens with two attached hydrogens (primary N) is 1. The molecule has 5 heteroatoms. The third-order valence-electron chi connectivity index (χ3n) is 5.67. The Morgan fingerprint density at radius 2 is 1.84 bits per heavy atom. The molecule has 110 valence electrons. The molecule has 1 saturated carbocycles. The van der Waals surface area contributed by atoms with Gasteiger partial charge in [-0.3, -0.25) is 4.79 Å². The lowest BCUT2D eigenvalue weighted by Crippen LogP contribution is -2.48. The number of carbonyl (C=O) groups excluding carboxylic acids is 1. The average Bonchev–Trinajstić information content (AvgIpc) is 2.74. The zero-order valence-corrected chi connectivity index (χ0v) is 12.9. The second-order valence-electron chi connectivity index (χ2n) is 6.88. The molecule has 0 spiro atoms. The van der Waals surface area contributed by atoms with E-state index >= 15 is 0 Å². The Hall–Kier alpha value is -1.26. The maximum atomic E-state index is 12.3. The summed E-state index contributed by atoms with van der Waals surface area (Å²) < 4.78 is 0. The molecule has 1 rings (SSSR count). The number of nitrogens with zero attached hydrogens (tertiary/aromatic N) is 1. The first-order valence-corrected chi connectivity index (χ1v) is 6.82. The minimum atomic E-state index is -0.947. The highest BCUT2D eigenvalue weighted by atomic mass is 16.4. The van der Waals surface area contributed by atoms with Crippen molar-refractivity contribution in [1.29, 1.82) is 0 Å². The molecule has 0 heterocycles. The highest BCUT2D eigenvalue weighted by Crippen LogP contribution is 2.67. The van der Waals surface area contributed by atoms with Gasteiger partial charge in [0.1, 0.15) is 5.41 Å². The van der Waals surface area contributed by atoms with E-state index in [4.69, 9.17) is 10.9 Å². The molecule has 0 aliphatic heterocycles. The fourth-order valence-electron chi connectivity index (χ4n) is 2.80. The molecule has 0 bridgehead atoms. The summed E-state index contributed by atoms with van der Waals surface area (Å²) in [5.74, 6) is 0.239. The van der Waals surface area contributed by atoms with Crippen molar-refractivity contribution in [3.05, 3.63) is 0 Å². The molecule has 5 nitrogen and oxygen atoms in total. The number of hydrogen-bond acceptors (Lipinski definition) is 3. The first-order valence-electron chi connectivity index (χ1n) is 6.82. The summed E-state index contributed by atoms with van der Waals surface area (Å²) in [6.07, 6.45) is 0.492. The Balaban J connectivity index is 2.67. The third kappa shape index (κ3) is 2.30. The van der Waals surface area contributed by atoms with Gasteiger partial charge in [0.25, 0.3) is 0 Å². The standard InChI is InChI=1S/C14H27N3O2/c1-7-14(6,10(15)17-19)11(18)16-8-9-12(2,3)13(9,4)5/h9,19H,7-8H2,1-6H3,(H2,15,17)(H,16,18). The van der Waals surface area contributed by atoms with Crippen LogP contribution in [0, 0.1) is 22.2 Å². The van der Waals surface area contributed by atoms with Crippen molar-refractivity contribution in [3.8, 4) is 0 Å². The Morgan fingerprint density at radius 1 is 1.37 bits per heavy atom. The van der Waals surface area contributed by atoms with E-state index in [0.29, 0.717) is 18.9 Å². The van der Waals surface area contributed by atoms with E-state index in [0.717, 1.165) is 0 Å². The number of nitrogens with one attached hydrogen (secondary N) is 1. The van der Waals surface area contributed by atoms with Crippen LogP contribution in [0.3, 0.4) is 0 Å². The van der Waals surface area contributed by atoms with Crippen LogP contribution in [0.4, 0.5) is 0 Å². The van der Waals surface area contributed by atoms with Crippen LogP contribution in [0.1, 0.15) is 48.0 Å². The quantitative estimate of drug-likeness (QED) is 0.308. The molecule has 0 aromatic rings. The van der Waals surface area contributed by atoms with Gasteiger partial charge in [-0.15, -0.1) is 0 Å². The lowest BCUT2D eigenvalue weighted by molar-refractivity contribution is -0.127. The van der Waals surface area contributed by atoms with E-state index in [-0.39, 0.29) is 22.6 Å². The van der Waals surface area contributed by atoms with Crippen molar-refractivity contribution in [2.24, 2.45) is 33.1 Å². The molecule has 1 aliphatic rings. The molecule has 1 aliphatic carbocycles. The highest BCUT2D eigenvalue weighted by molar-refractivity contribution is 6.06. The molecular formula is C14H27N3O2. The van der Waals surface area contributed by atoms with Gasteiger partial charge in [-0.25, -0.2) is 0 Å². The van der Waals surface area contributed by atoms with E-state index in [1.807, 2.05) is 6.92 Å². The van der Waals surface area contributed by atoms with Crippen LogP contribution in [-0.2, 0) is 4.79 Å². The maximum absolute atomic E-state index is 12.3. The van der Waals surface area contributed by atoms with E-state index in [1.165, 1.54) is 0 Å². The fraction of sp³-hybridized carbons (Fsp3) is 0.857. The lowest BCUT2D eigenvalue weighted by atomic mass is 9.85. The molecule has 0 saturated heterocycles. The molecule has 0 aromatic heterocycles. The van der Waals surface area contributed by atoms with Crippen LogP contribution >= 0.6 is 0 Å². The highest BCUT2D eigenvalue weighted by Gasteiger charge is 2.64. The van der Waals surface area contributed by atoms with Gasteiger partial charge < -0.3 is 16.3 Å². The fourth-order valence-corrected chi connectivity index (χ4v) is 2.80. The van der Waals surface area contributed by atoms with Gasteiger partial charge in [0.15, 0.2) is 5.84 Å². The number of hydrogen-bond donors (Lipinski definition) is 3. The van der Waals surface area contributed by atoms with Crippen molar-refractivity contribution in [1.82, 2.24) is 5.32 Å². The van der Waals surface area contributed by atoms with Gasteiger partial charge in [-0.2, -0.15) is 0 Å². The van der Waals surface area contributed by atoms with Crippen LogP contribution in [0.15, 0.2) is 5.16 Å². The van der Waals surface area contributed by atoms with Gasteiger partial charge >= 0.3 is 0 Å². The van der Waals surface area contributed by atoms with Crippen LogP contribution in [0.2, 0.25) is 0 Å². The zero-order chi connectivity index (χ0) is 15.1. The minimum absolute atomic E-state index is 0.0400. The second-order valence-corrected chi connectivity index (χ2v) is 6.88. The van der Waals surface area contributed by atoms with Crippen molar-refractivity contribution >= 4 is 11.7 Å². The monoisotopic (exact) mass is 269 g/mol. The minimum Gasteiger partial charge on any atom is -0.409 e. The lowest BCUT2D eigenvalue weighted by Gasteiger charge is -2.25. The number of carbonyl (C=O) groups is 1. The predicted octanol–water partition coefficient (Wildman–Crippen LogP) is 1.95. The smallest absolute Gasteiger partial charge is 0.233 e. The largest absolute Gasteiger partial charge is 0.409 e. The first-order chi connectivity index (χ1) is 8.55. The predicted molar refractivity (Wildman–Crippen MR) is 75.9 cm³/mol. The molecule has 19 heavy (non-hydrogen) atoms. The Bertz CT molecular complexity index is 387. The molecule has 1 unspecified atom stereocenters. The molecular weight excluding hydrogens is 242 g/mol. The van der Waals surface area contributed by atoms with Gasteiger partial charge in [0.2, 0.25) is 5.91 Å². The van der Waals surface area contributed by atoms with Crippen LogP contribution in [0.25, 0.3) is 0 Å². The van der Waals surface area contributed by atoms with Crippen molar-refractivity contribution < 1.29 is 10.0 Å². The summed E-state index contributed by atoms with van der Waals surface area (Å²) in [4.78, 5) is 12.3. The molecule has 0 radical (unpaired) electrons. The van der Waals surface area contributed by atoms with Crippen molar-refractivity contribution in [2.45, 2.75) is 48.0 Å². The molecule has 1 fully saturated rings. The summed E-state index contributed by atoms with van der Waals surface area (Å²) in [6, 6.07) is 0. The van der Waals surface area contributed by atoms with Gasteiger partial charge in [-0.1, -0.05) is 39.8 Å². The Labute approximate surface area is 115 Å². The number of rotatable bonds is 5. The van der Waals surface area contributed by atoms with Gasteiger partial charge in [0.05, 0.1) is 0 Å². The molecule has 4 N–H and O–H groups in total. The zero-order valence-electron chi connectivity index (χ0n) is 12.9. The van der Waals surface area contributed by atoms with Gasteiger partial charge in [-0.05, 0) is 30.1 Å². The number of amides is 1. The Kier molecular flexibility index (Phi) is 3.90. The summed E-state index contributed by atoms with van der Waals surface area (Å²) in [6.45, 7) is 13.0. The summed E-state index contributed by atoms with van der Waals surface area (Å²) >= 11 is 0. The van der Waals surface area contributed by atoms with Gasteiger partial charge in [0, 0.05) is 6.54 Å². The third-order valence-corrected chi connectivity index (χ3v) is 5.67. The van der Waals surface area contributed by atoms with E-state index in [1.54, 1.807) is 6.92 Å². The maximum Gasteiger partial charge on any atom is 0.233 e. The Morgan fingerprint density at radius 3 is 2.16 bits per heavy atom. The topological polar surface area (TPSA) is 87.7 Å².